The molecular formula is C18H17BrClN5O. The molecule has 0 bridgehead atoms. The molecule has 0 unspecified atom stereocenters. The Morgan fingerprint density at radius 3 is 2.81 bits per heavy atom. The van der Waals surface area contributed by atoms with Crippen LogP contribution in [0.15, 0.2) is 53.3 Å². The van der Waals surface area contributed by atoms with Crippen molar-refractivity contribution in [2.75, 3.05) is 30.1 Å². The third-order valence-corrected chi connectivity index (χ3v) is 4.40. The average molecular weight is 435 g/mol. The zero-order chi connectivity index (χ0) is 18.5. The van der Waals surface area contributed by atoms with Crippen LogP contribution in [0.5, 0.6) is 0 Å². The molecule has 3 rings (SSSR count). The van der Waals surface area contributed by atoms with Gasteiger partial charge in [-0.25, -0.2) is 14.8 Å². The van der Waals surface area contributed by atoms with Gasteiger partial charge in [-0.05, 0) is 36.4 Å². The van der Waals surface area contributed by atoms with Crippen molar-refractivity contribution in [1.29, 1.82) is 0 Å². The molecule has 134 valence electrons. The van der Waals surface area contributed by atoms with Gasteiger partial charge < -0.3 is 15.5 Å². The summed E-state index contributed by atoms with van der Waals surface area (Å²) in [6.45, 7) is 0.472. The number of hydrogen-bond donors (Lipinski definition) is 2. The van der Waals surface area contributed by atoms with Crippen molar-refractivity contribution >= 4 is 61.7 Å². The normalized spacial score (nSPS) is 10.6. The molecule has 3 aromatic rings. The number of carbonyl (C=O) groups is 1. The molecular weight excluding hydrogens is 418 g/mol. The fourth-order valence-electron chi connectivity index (χ4n) is 2.38. The number of amides is 2. The van der Waals surface area contributed by atoms with Gasteiger partial charge in [0.2, 0.25) is 0 Å². The van der Waals surface area contributed by atoms with E-state index >= 15 is 0 Å². The van der Waals surface area contributed by atoms with Crippen LogP contribution in [0.25, 0.3) is 10.9 Å². The van der Waals surface area contributed by atoms with Crippen molar-refractivity contribution < 1.29 is 4.79 Å². The van der Waals surface area contributed by atoms with E-state index in [9.17, 15) is 4.79 Å². The summed E-state index contributed by atoms with van der Waals surface area (Å²) in [6, 6.07) is 13.1. The van der Waals surface area contributed by atoms with Crippen molar-refractivity contribution in [3.8, 4) is 0 Å². The van der Waals surface area contributed by atoms with Gasteiger partial charge in [-0.2, -0.15) is 0 Å². The van der Waals surface area contributed by atoms with E-state index in [2.05, 4.69) is 36.5 Å². The van der Waals surface area contributed by atoms with Gasteiger partial charge in [0.25, 0.3) is 0 Å². The number of hydrogen-bond acceptors (Lipinski definition) is 4. The summed E-state index contributed by atoms with van der Waals surface area (Å²) in [7, 11) is 1.70. The molecule has 0 spiro atoms. The van der Waals surface area contributed by atoms with Gasteiger partial charge in [0.15, 0.2) is 0 Å². The topological polar surface area (TPSA) is 70.2 Å². The van der Waals surface area contributed by atoms with Gasteiger partial charge >= 0.3 is 6.03 Å². The number of fused-ring (bicyclic) bond motifs is 1. The molecule has 26 heavy (non-hydrogen) atoms. The van der Waals surface area contributed by atoms with Gasteiger partial charge in [-0.3, -0.25) is 0 Å². The Morgan fingerprint density at radius 1 is 1.19 bits per heavy atom. The predicted molar refractivity (Wildman–Crippen MR) is 109 cm³/mol. The lowest BCUT2D eigenvalue weighted by atomic mass is 10.2. The lowest BCUT2D eigenvalue weighted by molar-refractivity contribution is 0.225. The molecule has 6 nitrogen and oxygen atoms in total. The van der Waals surface area contributed by atoms with E-state index in [1.807, 2.05) is 42.5 Å². The summed E-state index contributed by atoms with van der Waals surface area (Å²) >= 11 is 9.14. The number of rotatable bonds is 5. The molecule has 8 heteroatoms. The van der Waals surface area contributed by atoms with E-state index in [1.54, 1.807) is 7.05 Å². The van der Waals surface area contributed by atoms with Crippen LogP contribution in [0.3, 0.4) is 0 Å². The molecule has 0 atom stereocenters. The standard InChI is InChI=1S/C18H17BrClN5O/c1-25(8-7-20)18(26)24-14-5-6-16-15(10-14)17(22-11-21-16)23-13-4-2-3-12(19)9-13/h2-6,9-11H,7-8H2,1H3,(H,24,26)(H,21,22,23). The summed E-state index contributed by atoms with van der Waals surface area (Å²) in [6.07, 6.45) is 1.51. The van der Waals surface area contributed by atoms with E-state index in [0.29, 0.717) is 23.9 Å². The van der Waals surface area contributed by atoms with Crippen molar-refractivity contribution in [3.63, 3.8) is 0 Å². The summed E-state index contributed by atoms with van der Waals surface area (Å²) in [5.41, 5.74) is 2.34. The van der Waals surface area contributed by atoms with Crippen molar-refractivity contribution in [3.05, 3.63) is 53.3 Å². The molecule has 0 saturated heterocycles. The number of alkyl halides is 1. The summed E-state index contributed by atoms with van der Waals surface area (Å²) in [5.74, 6) is 1.05. The second-order valence-electron chi connectivity index (χ2n) is 5.63. The van der Waals surface area contributed by atoms with Crippen LogP contribution >= 0.6 is 27.5 Å². The highest BCUT2D eigenvalue weighted by Gasteiger charge is 2.10. The maximum absolute atomic E-state index is 12.2. The molecule has 1 aromatic heterocycles. The first kappa shape index (κ1) is 18.4. The molecule has 2 amide bonds. The number of nitrogens with zero attached hydrogens (tertiary/aromatic N) is 3. The van der Waals surface area contributed by atoms with E-state index in [-0.39, 0.29) is 6.03 Å². The molecule has 0 radical (unpaired) electrons. The number of nitrogens with one attached hydrogen (secondary N) is 2. The van der Waals surface area contributed by atoms with E-state index in [4.69, 9.17) is 11.6 Å². The number of benzene rings is 2. The second-order valence-corrected chi connectivity index (χ2v) is 6.92. The highest BCUT2D eigenvalue weighted by Crippen LogP contribution is 2.27. The van der Waals surface area contributed by atoms with Crippen molar-refractivity contribution in [1.82, 2.24) is 14.9 Å². The third-order valence-electron chi connectivity index (χ3n) is 3.74. The van der Waals surface area contributed by atoms with Gasteiger partial charge in [-0.1, -0.05) is 22.0 Å². The summed E-state index contributed by atoms with van der Waals surface area (Å²) in [4.78, 5) is 22.3. The predicted octanol–water partition coefficient (Wildman–Crippen LogP) is 4.84. The Labute approximate surface area is 164 Å². The smallest absolute Gasteiger partial charge is 0.321 e. The zero-order valence-corrected chi connectivity index (χ0v) is 16.4. The minimum atomic E-state index is -0.219. The molecule has 2 N–H and O–H groups in total. The number of carbonyl (C=O) groups excluding carboxylic acids is 1. The second kappa shape index (κ2) is 8.33. The van der Waals surface area contributed by atoms with Gasteiger partial charge in [0, 0.05) is 40.7 Å². The minimum Gasteiger partial charge on any atom is -0.340 e. The highest BCUT2D eigenvalue weighted by molar-refractivity contribution is 9.10. The lowest BCUT2D eigenvalue weighted by Gasteiger charge is -2.17. The molecule has 2 aromatic carbocycles. The average Bonchev–Trinajstić information content (AvgIpc) is 2.62. The SMILES string of the molecule is CN(CCCl)C(=O)Nc1ccc2ncnc(Nc3cccc(Br)c3)c2c1. The van der Waals surface area contributed by atoms with Gasteiger partial charge in [0.1, 0.15) is 12.1 Å². The highest BCUT2D eigenvalue weighted by atomic mass is 79.9. The van der Waals surface area contributed by atoms with Gasteiger partial charge in [0.05, 0.1) is 5.52 Å². The number of aromatic nitrogens is 2. The van der Waals surface area contributed by atoms with Crippen LogP contribution < -0.4 is 10.6 Å². The van der Waals surface area contributed by atoms with Crippen LogP contribution in [0.4, 0.5) is 22.0 Å². The molecule has 0 aliphatic carbocycles. The summed E-state index contributed by atoms with van der Waals surface area (Å²) < 4.78 is 0.969. The molecule has 1 heterocycles. The van der Waals surface area contributed by atoms with Crippen LogP contribution in [0, 0.1) is 0 Å². The monoisotopic (exact) mass is 433 g/mol. The summed E-state index contributed by atoms with van der Waals surface area (Å²) in [5, 5.41) is 6.96. The zero-order valence-electron chi connectivity index (χ0n) is 14.0. The number of halogens is 2. The van der Waals surface area contributed by atoms with E-state index in [0.717, 1.165) is 21.1 Å². The number of urea groups is 1. The van der Waals surface area contributed by atoms with E-state index < -0.39 is 0 Å². The fourth-order valence-corrected chi connectivity index (χ4v) is 3.04. The first-order chi connectivity index (χ1) is 12.6. The maximum Gasteiger partial charge on any atom is 0.321 e. The van der Waals surface area contributed by atoms with Gasteiger partial charge in [-0.15, -0.1) is 11.6 Å². The quantitative estimate of drug-likeness (QED) is 0.564. The van der Waals surface area contributed by atoms with Crippen molar-refractivity contribution in [2.45, 2.75) is 0 Å². The Morgan fingerprint density at radius 2 is 2.04 bits per heavy atom. The Hall–Kier alpha value is -2.38. The van der Waals surface area contributed by atoms with E-state index in [1.165, 1.54) is 11.2 Å². The Bertz CT molecular complexity index is 936. The van der Waals surface area contributed by atoms with Crippen LogP contribution in [0.2, 0.25) is 0 Å². The molecule has 0 aliphatic heterocycles. The molecule has 0 fully saturated rings. The van der Waals surface area contributed by atoms with Crippen molar-refractivity contribution in [2.24, 2.45) is 0 Å². The first-order valence-corrected chi connectivity index (χ1v) is 9.25. The largest absolute Gasteiger partial charge is 0.340 e. The van der Waals surface area contributed by atoms with Crippen LogP contribution in [0.1, 0.15) is 0 Å². The molecule has 0 aliphatic rings. The molecule has 0 saturated carbocycles. The first-order valence-electron chi connectivity index (χ1n) is 7.92. The van der Waals surface area contributed by atoms with Crippen LogP contribution in [-0.4, -0.2) is 40.4 Å². The minimum absolute atomic E-state index is 0.219. The Balaban J connectivity index is 1.89. The Kier molecular flexibility index (Phi) is 5.90. The fraction of sp³-hybridized carbons (Fsp3) is 0.167. The lowest BCUT2D eigenvalue weighted by Crippen LogP contribution is -2.32. The maximum atomic E-state index is 12.2. The van der Waals surface area contributed by atoms with Crippen LogP contribution in [-0.2, 0) is 0 Å². The number of anilines is 3. The third kappa shape index (κ3) is 4.42.